The Bertz CT molecular complexity index is 463. The molecule has 5 nitrogen and oxygen atoms in total. The van der Waals surface area contributed by atoms with E-state index in [-0.39, 0.29) is 0 Å². The van der Waals surface area contributed by atoms with Crippen molar-refractivity contribution in [2.24, 2.45) is 5.73 Å². The molecule has 0 bridgehead atoms. The predicted molar refractivity (Wildman–Crippen MR) is 61.0 cm³/mol. The molecule has 5 heteroatoms. The third kappa shape index (κ3) is 2.09. The first kappa shape index (κ1) is 10.8. The van der Waals surface area contributed by atoms with Gasteiger partial charge < -0.3 is 5.73 Å². The highest BCUT2D eigenvalue weighted by Crippen LogP contribution is 2.07. The summed E-state index contributed by atoms with van der Waals surface area (Å²) < 4.78 is 1.91. The number of rotatable bonds is 4. The van der Waals surface area contributed by atoms with Gasteiger partial charge in [0.2, 0.25) is 5.95 Å². The quantitative estimate of drug-likeness (QED) is 0.831. The van der Waals surface area contributed by atoms with E-state index in [0.29, 0.717) is 12.5 Å². The molecule has 0 aliphatic rings. The number of hydrogen-bond donors (Lipinski definition) is 1. The Morgan fingerprint density at radius 1 is 1.31 bits per heavy atom. The van der Waals surface area contributed by atoms with Gasteiger partial charge in [0, 0.05) is 31.6 Å². The van der Waals surface area contributed by atoms with Crippen molar-refractivity contribution in [2.75, 3.05) is 0 Å². The Balaban J connectivity index is 2.37. The highest BCUT2D eigenvalue weighted by atomic mass is 15.2. The normalized spacial score (nSPS) is 10.6. The van der Waals surface area contributed by atoms with Gasteiger partial charge in [-0.15, -0.1) is 0 Å². The molecule has 0 saturated carbocycles. The van der Waals surface area contributed by atoms with Crippen LogP contribution in [0.4, 0.5) is 0 Å². The van der Waals surface area contributed by atoms with Gasteiger partial charge in [-0.05, 0) is 12.5 Å². The van der Waals surface area contributed by atoms with E-state index in [4.69, 9.17) is 5.73 Å². The molecule has 0 aliphatic heterocycles. The molecule has 2 aromatic rings. The van der Waals surface area contributed by atoms with Crippen LogP contribution in [0, 0.1) is 0 Å². The zero-order chi connectivity index (χ0) is 11.4. The zero-order valence-electron chi connectivity index (χ0n) is 9.30. The number of imidazole rings is 1. The monoisotopic (exact) mass is 217 g/mol. The highest BCUT2D eigenvalue weighted by Gasteiger charge is 2.06. The summed E-state index contributed by atoms with van der Waals surface area (Å²) in [6, 6.07) is 1.82. The van der Waals surface area contributed by atoms with Crippen molar-refractivity contribution in [1.29, 1.82) is 0 Å². The van der Waals surface area contributed by atoms with Gasteiger partial charge in [-0.1, -0.05) is 6.92 Å². The van der Waals surface area contributed by atoms with Crippen LogP contribution in [-0.2, 0) is 13.0 Å². The molecule has 0 aliphatic carbocycles. The van der Waals surface area contributed by atoms with Gasteiger partial charge in [0.15, 0.2) is 0 Å². The van der Waals surface area contributed by atoms with Crippen molar-refractivity contribution in [3.8, 4) is 5.95 Å². The topological polar surface area (TPSA) is 69.6 Å². The van der Waals surface area contributed by atoms with Gasteiger partial charge in [0.1, 0.15) is 5.82 Å². The van der Waals surface area contributed by atoms with Gasteiger partial charge in [-0.25, -0.2) is 15.0 Å². The van der Waals surface area contributed by atoms with Crippen LogP contribution in [0.25, 0.3) is 5.95 Å². The van der Waals surface area contributed by atoms with Crippen molar-refractivity contribution in [3.63, 3.8) is 0 Å². The SMILES string of the molecule is CCCc1nccn1-c1nccc(CN)n1. The lowest BCUT2D eigenvalue weighted by molar-refractivity contribution is 0.774. The van der Waals surface area contributed by atoms with E-state index in [0.717, 1.165) is 24.4 Å². The van der Waals surface area contributed by atoms with Crippen LogP contribution in [0.2, 0.25) is 0 Å². The molecule has 16 heavy (non-hydrogen) atoms. The van der Waals surface area contributed by atoms with Crippen molar-refractivity contribution in [2.45, 2.75) is 26.3 Å². The van der Waals surface area contributed by atoms with Crippen molar-refractivity contribution < 1.29 is 0 Å². The molecule has 2 aromatic heterocycles. The molecule has 0 unspecified atom stereocenters. The summed E-state index contributed by atoms with van der Waals surface area (Å²) in [7, 11) is 0. The van der Waals surface area contributed by atoms with E-state index < -0.39 is 0 Å². The van der Waals surface area contributed by atoms with Crippen LogP contribution >= 0.6 is 0 Å². The molecule has 0 fully saturated rings. The first-order valence-corrected chi connectivity index (χ1v) is 5.39. The Hall–Kier alpha value is -1.75. The zero-order valence-corrected chi connectivity index (χ0v) is 9.30. The van der Waals surface area contributed by atoms with Gasteiger partial charge in [0.25, 0.3) is 0 Å². The van der Waals surface area contributed by atoms with E-state index in [9.17, 15) is 0 Å². The minimum Gasteiger partial charge on any atom is -0.325 e. The average molecular weight is 217 g/mol. The fourth-order valence-corrected chi connectivity index (χ4v) is 1.54. The molecule has 0 radical (unpaired) electrons. The maximum absolute atomic E-state index is 5.55. The summed E-state index contributed by atoms with van der Waals surface area (Å²) in [5.74, 6) is 1.63. The lowest BCUT2D eigenvalue weighted by Gasteiger charge is -2.05. The van der Waals surface area contributed by atoms with Gasteiger partial charge >= 0.3 is 0 Å². The van der Waals surface area contributed by atoms with E-state index in [1.165, 1.54) is 0 Å². The summed E-state index contributed by atoms with van der Waals surface area (Å²) in [4.78, 5) is 12.9. The molecule has 0 aromatic carbocycles. The molecule has 0 spiro atoms. The average Bonchev–Trinajstić information content (AvgIpc) is 2.78. The Morgan fingerprint density at radius 3 is 2.94 bits per heavy atom. The van der Waals surface area contributed by atoms with Crippen LogP contribution < -0.4 is 5.73 Å². The molecule has 84 valence electrons. The number of aromatic nitrogens is 4. The molecule has 2 N–H and O–H groups in total. The summed E-state index contributed by atoms with van der Waals surface area (Å²) >= 11 is 0. The summed E-state index contributed by atoms with van der Waals surface area (Å²) in [5.41, 5.74) is 6.39. The maximum atomic E-state index is 5.55. The van der Waals surface area contributed by atoms with E-state index in [2.05, 4.69) is 21.9 Å². The minimum absolute atomic E-state index is 0.424. The molecule has 2 rings (SSSR count). The third-order valence-electron chi connectivity index (χ3n) is 2.32. The van der Waals surface area contributed by atoms with E-state index in [1.807, 2.05) is 16.8 Å². The van der Waals surface area contributed by atoms with Crippen LogP contribution in [0.5, 0.6) is 0 Å². The minimum atomic E-state index is 0.424. The lowest BCUT2D eigenvalue weighted by atomic mass is 10.3. The maximum Gasteiger partial charge on any atom is 0.235 e. The van der Waals surface area contributed by atoms with E-state index in [1.54, 1.807) is 12.4 Å². The number of hydrogen-bond acceptors (Lipinski definition) is 4. The third-order valence-corrected chi connectivity index (χ3v) is 2.32. The first-order chi connectivity index (χ1) is 7.85. The van der Waals surface area contributed by atoms with Crippen molar-refractivity contribution in [3.05, 3.63) is 36.2 Å². The second-order valence-electron chi connectivity index (χ2n) is 3.52. The molecular formula is C11H15N5. The van der Waals surface area contributed by atoms with Crippen LogP contribution in [0.15, 0.2) is 24.7 Å². The Labute approximate surface area is 94.4 Å². The predicted octanol–water partition coefficient (Wildman–Crippen LogP) is 1.07. The fourth-order valence-electron chi connectivity index (χ4n) is 1.54. The second kappa shape index (κ2) is 4.85. The molecule has 0 saturated heterocycles. The van der Waals surface area contributed by atoms with Gasteiger partial charge in [-0.2, -0.15) is 0 Å². The summed E-state index contributed by atoms with van der Waals surface area (Å²) in [6.07, 6.45) is 7.33. The number of nitrogens with two attached hydrogens (primary N) is 1. The largest absolute Gasteiger partial charge is 0.325 e. The van der Waals surface area contributed by atoms with Crippen LogP contribution in [0.3, 0.4) is 0 Å². The van der Waals surface area contributed by atoms with Gasteiger partial charge in [-0.3, -0.25) is 4.57 Å². The molecular weight excluding hydrogens is 202 g/mol. The molecule has 2 heterocycles. The second-order valence-corrected chi connectivity index (χ2v) is 3.52. The smallest absolute Gasteiger partial charge is 0.235 e. The summed E-state index contributed by atoms with van der Waals surface area (Å²) in [6.45, 7) is 2.55. The van der Waals surface area contributed by atoms with E-state index >= 15 is 0 Å². The number of nitrogens with zero attached hydrogens (tertiary/aromatic N) is 4. The number of aryl methyl sites for hydroxylation is 1. The Morgan fingerprint density at radius 2 is 2.19 bits per heavy atom. The van der Waals surface area contributed by atoms with Crippen LogP contribution in [0.1, 0.15) is 24.9 Å². The fraction of sp³-hybridized carbons (Fsp3) is 0.364. The highest BCUT2D eigenvalue weighted by molar-refractivity contribution is 5.17. The first-order valence-electron chi connectivity index (χ1n) is 5.39. The van der Waals surface area contributed by atoms with Gasteiger partial charge in [0.05, 0.1) is 5.69 Å². The van der Waals surface area contributed by atoms with Crippen molar-refractivity contribution >= 4 is 0 Å². The molecule has 0 atom stereocenters. The van der Waals surface area contributed by atoms with Crippen LogP contribution in [-0.4, -0.2) is 19.5 Å². The lowest BCUT2D eigenvalue weighted by Crippen LogP contribution is -2.08. The Kier molecular flexibility index (Phi) is 3.26. The summed E-state index contributed by atoms with van der Waals surface area (Å²) in [5, 5.41) is 0. The standard InChI is InChI=1S/C11H15N5/c1-2-3-10-13-6-7-16(10)11-14-5-4-9(8-12)15-11/h4-7H,2-3,8,12H2,1H3. The molecule has 0 amide bonds. The van der Waals surface area contributed by atoms with Crippen molar-refractivity contribution in [1.82, 2.24) is 19.5 Å².